The summed E-state index contributed by atoms with van der Waals surface area (Å²) < 4.78 is 47.1. The molecule has 3 aromatic heterocycles. The smallest absolute Gasteiger partial charge is 0.281 e. The van der Waals surface area contributed by atoms with Gasteiger partial charge >= 0.3 is 0 Å². The van der Waals surface area contributed by atoms with Crippen LogP contribution in [0, 0.1) is 5.82 Å². The minimum atomic E-state index is -3.93. The van der Waals surface area contributed by atoms with E-state index in [4.69, 9.17) is 0 Å². The highest BCUT2D eigenvalue weighted by molar-refractivity contribution is 7.92. The van der Waals surface area contributed by atoms with Crippen molar-refractivity contribution in [2.75, 3.05) is 9.62 Å². The Kier molecular flexibility index (Phi) is 4.70. The van der Waals surface area contributed by atoms with Crippen molar-refractivity contribution in [2.45, 2.75) is 42.8 Å². The molecule has 2 aliphatic heterocycles. The summed E-state index contributed by atoms with van der Waals surface area (Å²) in [5.41, 5.74) is 2.92. The summed E-state index contributed by atoms with van der Waals surface area (Å²) >= 11 is 0. The first-order valence-corrected chi connectivity index (χ1v) is 12.8. The van der Waals surface area contributed by atoms with Crippen LogP contribution >= 0.6 is 0 Å². The van der Waals surface area contributed by atoms with Crippen LogP contribution < -0.4 is 9.62 Å². The molecule has 4 aromatic rings. The number of aryl methyl sites for hydroxylation is 2. The Labute approximate surface area is 197 Å². The van der Waals surface area contributed by atoms with Crippen molar-refractivity contribution in [2.24, 2.45) is 14.1 Å². The van der Waals surface area contributed by atoms with E-state index in [1.807, 2.05) is 19.2 Å². The second kappa shape index (κ2) is 7.56. The Bertz CT molecular complexity index is 1510. The van der Waals surface area contributed by atoms with Gasteiger partial charge in [0.1, 0.15) is 11.5 Å². The molecular weight excluding hydrogens is 455 g/mol. The Hall–Kier alpha value is -3.40. The van der Waals surface area contributed by atoms with Gasteiger partial charge in [0.2, 0.25) is 0 Å². The lowest BCUT2D eigenvalue weighted by Crippen LogP contribution is -2.27. The van der Waals surface area contributed by atoms with E-state index in [0.717, 1.165) is 5.69 Å². The van der Waals surface area contributed by atoms with Crippen molar-refractivity contribution in [1.29, 1.82) is 0 Å². The van der Waals surface area contributed by atoms with E-state index in [2.05, 4.69) is 19.7 Å². The molecule has 0 unspecified atom stereocenters. The molecular formula is C24H25FN6O2S. The summed E-state index contributed by atoms with van der Waals surface area (Å²) in [5, 5.41) is 4.47. The molecule has 0 amide bonds. The van der Waals surface area contributed by atoms with E-state index < -0.39 is 10.0 Å². The molecule has 8 nitrogen and oxygen atoms in total. The summed E-state index contributed by atoms with van der Waals surface area (Å²) in [6, 6.07) is 9.30. The lowest BCUT2D eigenvalue weighted by atomic mass is 10.0. The molecule has 1 aromatic carbocycles. The van der Waals surface area contributed by atoms with Gasteiger partial charge in [0.05, 0.1) is 11.1 Å². The van der Waals surface area contributed by atoms with Crippen LogP contribution in [-0.4, -0.2) is 39.8 Å². The number of benzene rings is 1. The average Bonchev–Trinajstić information content (AvgIpc) is 3.59. The predicted octanol–water partition coefficient (Wildman–Crippen LogP) is 4.04. The second-order valence-electron chi connectivity index (χ2n) is 9.18. The number of fused-ring (bicyclic) bond motifs is 3. The second-order valence-corrected chi connectivity index (χ2v) is 10.8. The molecule has 2 fully saturated rings. The maximum Gasteiger partial charge on any atom is 0.281 e. The van der Waals surface area contributed by atoms with Crippen molar-refractivity contribution < 1.29 is 12.8 Å². The number of rotatable bonds is 5. The fourth-order valence-electron chi connectivity index (χ4n) is 5.54. The van der Waals surface area contributed by atoms with Crippen molar-refractivity contribution in [3.63, 3.8) is 0 Å². The fourth-order valence-corrected chi connectivity index (χ4v) is 6.58. The summed E-state index contributed by atoms with van der Waals surface area (Å²) in [4.78, 5) is 6.86. The standard InChI is InChI=1S/C24H25FN6O2S/c1-29-14-19(18-13-17(7-8-20(18)25)31-15-3-4-16(31)6-5-15)23-21(9-11-26-24(23)29)28-34(32,33)22-10-12-30(2)27-22/h7-16H,3-6H2,1-2H3,(H,26,28). The minimum Gasteiger partial charge on any atom is -0.366 e. The van der Waals surface area contributed by atoms with E-state index >= 15 is 4.39 Å². The van der Waals surface area contributed by atoms with Gasteiger partial charge in [0.15, 0.2) is 5.03 Å². The largest absolute Gasteiger partial charge is 0.366 e. The van der Waals surface area contributed by atoms with Gasteiger partial charge in [-0.05, 0) is 56.0 Å². The first-order valence-electron chi connectivity index (χ1n) is 11.4. The lowest BCUT2D eigenvalue weighted by Gasteiger charge is -2.25. The first-order chi connectivity index (χ1) is 16.3. The molecule has 0 spiro atoms. The van der Waals surface area contributed by atoms with E-state index in [1.54, 1.807) is 30.1 Å². The Morgan fingerprint density at radius 1 is 1.03 bits per heavy atom. The van der Waals surface area contributed by atoms with Crippen LogP contribution in [0.5, 0.6) is 0 Å². The zero-order chi connectivity index (χ0) is 23.6. The summed E-state index contributed by atoms with van der Waals surface area (Å²) in [6.07, 6.45) is 9.61. The molecule has 176 valence electrons. The Balaban J connectivity index is 1.48. The highest BCUT2D eigenvalue weighted by Crippen LogP contribution is 2.43. The molecule has 0 atom stereocenters. The van der Waals surface area contributed by atoms with Gasteiger partial charge in [-0.25, -0.2) is 9.37 Å². The Morgan fingerprint density at radius 3 is 2.44 bits per heavy atom. The molecule has 0 saturated carbocycles. The van der Waals surface area contributed by atoms with Crippen LogP contribution in [0.4, 0.5) is 15.8 Å². The third-order valence-electron chi connectivity index (χ3n) is 7.06. The monoisotopic (exact) mass is 480 g/mol. The SMILES string of the molecule is Cn1ccc(S(=O)(=O)Nc2ccnc3c2c(-c2cc(N4C5CCC4CC5)ccc2F)cn3C)n1. The number of pyridine rings is 1. The van der Waals surface area contributed by atoms with Crippen LogP contribution in [0.15, 0.2) is 53.9 Å². The van der Waals surface area contributed by atoms with Crippen LogP contribution in [0.3, 0.4) is 0 Å². The molecule has 0 aliphatic carbocycles. The van der Waals surface area contributed by atoms with Crippen LogP contribution in [0.25, 0.3) is 22.2 Å². The molecule has 2 saturated heterocycles. The minimum absolute atomic E-state index is 0.0878. The quantitative estimate of drug-likeness (QED) is 0.466. The average molecular weight is 481 g/mol. The summed E-state index contributed by atoms with van der Waals surface area (Å²) in [7, 11) is -0.460. The zero-order valence-corrected chi connectivity index (χ0v) is 19.8. The number of sulfonamides is 1. The maximum absolute atomic E-state index is 15.2. The van der Waals surface area contributed by atoms with Gasteiger partial charge in [0, 0.05) is 61.6 Å². The molecule has 1 N–H and O–H groups in total. The van der Waals surface area contributed by atoms with E-state index in [9.17, 15) is 8.42 Å². The molecule has 10 heteroatoms. The van der Waals surface area contributed by atoms with Crippen LogP contribution in [0.1, 0.15) is 25.7 Å². The highest BCUT2D eigenvalue weighted by Gasteiger charge is 2.39. The Morgan fingerprint density at radius 2 is 1.76 bits per heavy atom. The van der Waals surface area contributed by atoms with E-state index in [-0.39, 0.29) is 10.8 Å². The maximum atomic E-state index is 15.2. The van der Waals surface area contributed by atoms with Crippen LogP contribution in [0.2, 0.25) is 0 Å². The number of anilines is 2. The number of aromatic nitrogens is 4. The molecule has 2 bridgehead atoms. The number of hydrogen-bond acceptors (Lipinski definition) is 5. The van der Waals surface area contributed by atoms with Crippen molar-refractivity contribution >= 4 is 32.4 Å². The molecule has 6 rings (SSSR count). The normalized spacial score (nSPS) is 19.9. The number of hydrogen-bond donors (Lipinski definition) is 1. The third-order valence-corrected chi connectivity index (χ3v) is 8.31. The van der Waals surface area contributed by atoms with E-state index in [1.165, 1.54) is 48.7 Å². The molecule has 34 heavy (non-hydrogen) atoms. The predicted molar refractivity (Wildman–Crippen MR) is 129 cm³/mol. The molecule has 2 aliphatic rings. The van der Waals surface area contributed by atoms with Crippen molar-refractivity contribution in [3.8, 4) is 11.1 Å². The zero-order valence-electron chi connectivity index (χ0n) is 18.9. The lowest BCUT2D eigenvalue weighted by molar-refractivity contribution is 0.576. The van der Waals surface area contributed by atoms with Crippen molar-refractivity contribution in [3.05, 3.63) is 54.7 Å². The van der Waals surface area contributed by atoms with Gasteiger partial charge < -0.3 is 9.47 Å². The van der Waals surface area contributed by atoms with Gasteiger partial charge in [-0.2, -0.15) is 13.5 Å². The van der Waals surface area contributed by atoms with Gasteiger partial charge in [-0.15, -0.1) is 0 Å². The number of nitrogens with one attached hydrogen (secondary N) is 1. The summed E-state index contributed by atoms with van der Waals surface area (Å²) in [6.45, 7) is 0. The van der Waals surface area contributed by atoms with Gasteiger partial charge in [0.25, 0.3) is 10.0 Å². The van der Waals surface area contributed by atoms with E-state index in [0.29, 0.717) is 39.9 Å². The fraction of sp³-hybridized carbons (Fsp3) is 0.333. The number of nitrogens with zero attached hydrogens (tertiary/aromatic N) is 5. The van der Waals surface area contributed by atoms with Gasteiger partial charge in [-0.1, -0.05) is 0 Å². The first kappa shape index (κ1) is 21.2. The summed E-state index contributed by atoms with van der Waals surface area (Å²) in [5.74, 6) is -0.356. The third kappa shape index (κ3) is 3.27. The van der Waals surface area contributed by atoms with Crippen molar-refractivity contribution in [1.82, 2.24) is 19.3 Å². The number of halogens is 1. The topological polar surface area (TPSA) is 85.0 Å². The highest BCUT2D eigenvalue weighted by atomic mass is 32.2. The van der Waals surface area contributed by atoms with Crippen LogP contribution in [-0.2, 0) is 24.1 Å². The molecule has 0 radical (unpaired) electrons. The van der Waals surface area contributed by atoms with Gasteiger partial charge in [-0.3, -0.25) is 9.40 Å². The molecule has 5 heterocycles.